The molecule has 2 atom stereocenters. The van der Waals surface area contributed by atoms with E-state index in [9.17, 15) is 0 Å². The number of aromatic nitrogens is 2. The fraction of sp³-hybridized carbons (Fsp3) is 0.857. The Morgan fingerprint density at radius 1 is 1.42 bits per heavy atom. The zero-order valence-electron chi connectivity index (χ0n) is 11.6. The van der Waals surface area contributed by atoms with Crippen LogP contribution in [0.2, 0.25) is 0 Å². The second-order valence-corrected chi connectivity index (χ2v) is 6.75. The van der Waals surface area contributed by atoms with Gasteiger partial charge in [0, 0.05) is 12.6 Å². The average molecular weight is 281 g/mol. The van der Waals surface area contributed by atoms with Crippen LogP contribution >= 0.6 is 11.5 Å². The van der Waals surface area contributed by atoms with Crippen molar-refractivity contribution in [1.29, 1.82) is 0 Å². The van der Waals surface area contributed by atoms with Gasteiger partial charge in [-0.05, 0) is 50.2 Å². The lowest BCUT2D eigenvalue weighted by Crippen LogP contribution is -2.44. The van der Waals surface area contributed by atoms with Crippen molar-refractivity contribution in [1.82, 2.24) is 14.9 Å². The summed E-state index contributed by atoms with van der Waals surface area (Å²) in [6.07, 6.45) is 10.8. The Bertz CT molecular complexity index is 384. The van der Waals surface area contributed by atoms with Crippen LogP contribution in [0.25, 0.3) is 0 Å². The molecular formula is C14H23N3OS. The Balaban J connectivity index is 1.73. The molecule has 0 radical (unpaired) electrons. The molecule has 5 heteroatoms. The molecule has 0 bridgehead atoms. The minimum absolute atomic E-state index is 0.175. The van der Waals surface area contributed by atoms with E-state index in [1.807, 2.05) is 13.2 Å². The fourth-order valence-corrected chi connectivity index (χ4v) is 4.52. The predicted octanol–water partition coefficient (Wildman–Crippen LogP) is 2.93. The number of hydrogen-bond donors (Lipinski definition) is 1. The molecule has 3 rings (SSSR count). The molecule has 1 aromatic rings. The molecule has 4 nitrogen and oxygen atoms in total. The molecule has 1 aromatic heterocycles. The summed E-state index contributed by atoms with van der Waals surface area (Å²) in [5, 5.41) is 7.46. The molecule has 1 aliphatic heterocycles. The van der Waals surface area contributed by atoms with Crippen molar-refractivity contribution in [3.63, 3.8) is 0 Å². The lowest BCUT2D eigenvalue weighted by Gasteiger charge is -2.45. The van der Waals surface area contributed by atoms with Crippen LogP contribution in [0.5, 0.6) is 0 Å². The predicted molar refractivity (Wildman–Crippen MR) is 76.2 cm³/mol. The van der Waals surface area contributed by atoms with Crippen molar-refractivity contribution in [3.8, 4) is 0 Å². The van der Waals surface area contributed by atoms with Crippen LogP contribution in [0.15, 0.2) is 6.20 Å². The number of ether oxygens (including phenoxy) is 1. The van der Waals surface area contributed by atoms with Gasteiger partial charge in [-0.15, -0.1) is 5.10 Å². The van der Waals surface area contributed by atoms with E-state index in [0.717, 1.165) is 13.0 Å². The van der Waals surface area contributed by atoms with Gasteiger partial charge < -0.3 is 10.1 Å². The number of nitrogens with one attached hydrogen (secondary N) is 1. The first-order valence-electron chi connectivity index (χ1n) is 7.41. The molecule has 2 heterocycles. The molecule has 2 unspecified atom stereocenters. The monoisotopic (exact) mass is 281 g/mol. The Morgan fingerprint density at radius 3 is 2.95 bits per heavy atom. The van der Waals surface area contributed by atoms with Gasteiger partial charge in [0.1, 0.15) is 0 Å². The summed E-state index contributed by atoms with van der Waals surface area (Å²) in [5.74, 6) is 0.652. The molecule has 1 spiro atoms. The van der Waals surface area contributed by atoms with Crippen molar-refractivity contribution in [2.75, 3.05) is 13.7 Å². The van der Waals surface area contributed by atoms with Crippen molar-refractivity contribution < 1.29 is 4.74 Å². The number of rotatable bonds is 3. The molecule has 1 N–H and O–H groups in total. The van der Waals surface area contributed by atoms with E-state index >= 15 is 0 Å². The summed E-state index contributed by atoms with van der Waals surface area (Å²) in [4.78, 5) is 1.26. The SMILES string of the molecule is CNC(c1cnns1)C1CCOC2(CCCCC2)C1. The summed E-state index contributed by atoms with van der Waals surface area (Å²) >= 11 is 1.52. The van der Waals surface area contributed by atoms with Crippen LogP contribution in [-0.2, 0) is 4.74 Å². The zero-order valence-corrected chi connectivity index (χ0v) is 12.4. The van der Waals surface area contributed by atoms with Crippen LogP contribution in [-0.4, -0.2) is 28.8 Å². The third-order valence-electron chi connectivity index (χ3n) is 4.76. The maximum atomic E-state index is 6.19. The second-order valence-electron chi connectivity index (χ2n) is 5.93. The van der Waals surface area contributed by atoms with E-state index in [4.69, 9.17) is 4.74 Å². The number of nitrogens with zero attached hydrogens (tertiary/aromatic N) is 2. The minimum Gasteiger partial charge on any atom is -0.375 e. The maximum Gasteiger partial charge on any atom is 0.0686 e. The highest BCUT2D eigenvalue weighted by Gasteiger charge is 2.41. The van der Waals surface area contributed by atoms with E-state index < -0.39 is 0 Å². The van der Waals surface area contributed by atoms with Crippen LogP contribution in [0.3, 0.4) is 0 Å². The Hall–Kier alpha value is -0.520. The zero-order chi connectivity index (χ0) is 13.1. The number of hydrogen-bond acceptors (Lipinski definition) is 5. The molecule has 1 saturated carbocycles. The Labute approximate surface area is 119 Å². The molecule has 0 aromatic carbocycles. The molecule has 106 valence electrons. The van der Waals surface area contributed by atoms with Gasteiger partial charge in [-0.3, -0.25) is 0 Å². The van der Waals surface area contributed by atoms with Gasteiger partial charge in [0.05, 0.1) is 16.7 Å². The highest BCUT2D eigenvalue weighted by molar-refractivity contribution is 7.05. The minimum atomic E-state index is 0.175. The standard InChI is InChI=1S/C14H23N3OS/c1-15-13(12-10-16-17-19-12)11-5-8-18-14(9-11)6-3-2-4-7-14/h10-11,13,15H,2-9H2,1H3. The lowest BCUT2D eigenvalue weighted by atomic mass is 9.74. The van der Waals surface area contributed by atoms with Gasteiger partial charge in [-0.1, -0.05) is 23.8 Å². The van der Waals surface area contributed by atoms with E-state index in [0.29, 0.717) is 12.0 Å². The lowest BCUT2D eigenvalue weighted by molar-refractivity contribution is -0.121. The third-order valence-corrected chi connectivity index (χ3v) is 5.51. The van der Waals surface area contributed by atoms with Gasteiger partial charge in [-0.2, -0.15) is 0 Å². The van der Waals surface area contributed by atoms with Gasteiger partial charge in [-0.25, -0.2) is 0 Å². The van der Waals surface area contributed by atoms with Crippen LogP contribution in [0.4, 0.5) is 0 Å². The first-order chi connectivity index (χ1) is 9.33. The molecule has 2 fully saturated rings. The highest BCUT2D eigenvalue weighted by Crippen LogP contribution is 2.44. The summed E-state index contributed by atoms with van der Waals surface area (Å²) in [7, 11) is 2.05. The van der Waals surface area contributed by atoms with E-state index in [-0.39, 0.29) is 5.60 Å². The summed E-state index contributed by atoms with van der Waals surface area (Å²) in [6.45, 7) is 0.912. The first-order valence-corrected chi connectivity index (χ1v) is 8.19. The van der Waals surface area contributed by atoms with Crippen molar-refractivity contribution >= 4 is 11.5 Å². The van der Waals surface area contributed by atoms with Crippen molar-refractivity contribution in [3.05, 3.63) is 11.1 Å². The van der Waals surface area contributed by atoms with Gasteiger partial charge in [0.2, 0.25) is 0 Å². The average Bonchev–Trinajstić information content (AvgIpc) is 2.95. The Morgan fingerprint density at radius 2 is 2.26 bits per heavy atom. The third kappa shape index (κ3) is 2.83. The van der Waals surface area contributed by atoms with Gasteiger partial charge >= 0.3 is 0 Å². The molecular weight excluding hydrogens is 258 g/mol. The summed E-state index contributed by atoms with van der Waals surface area (Å²) < 4.78 is 10.2. The smallest absolute Gasteiger partial charge is 0.0686 e. The second kappa shape index (κ2) is 5.85. The Kier molecular flexibility index (Phi) is 4.15. The molecule has 2 aliphatic rings. The van der Waals surface area contributed by atoms with E-state index in [1.54, 1.807) is 0 Å². The molecule has 19 heavy (non-hydrogen) atoms. The fourth-order valence-electron chi connectivity index (χ4n) is 3.82. The highest BCUT2D eigenvalue weighted by atomic mass is 32.1. The van der Waals surface area contributed by atoms with Crippen LogP contribution in [0, 0.1) is 5.92 Å². The molecule has 0 amide bonds. The van der Waals surface area contributed by atoms with Gasteiger partial charge in [0.25, 0.3) is 0 Å². The largest absolute Gasteiger partial charge is 0.375 e. The normalized spacial score (nSPS) is 28.4. The van der Waals surface area contributed by atoms with Crippen LogP contribution in [0.1, 0.15) is 55.9 Å². The van der Waals surface area contributed by atoms with Crippen LogP contribution < -0.4 is 5.32 Å². The van der Waals surface area contributed by atoms with E-state index in [1.165, 1.54) is 54.9 Å². The summed E-state index contributed by atoms with van der Waals surface area (Å²) in [6, 6.07) is 0.391. The quantitative estimate of drug-likeness (QED) is 0.925. The molecule has 1 aliphatic carbocycles. The maximum absolute atomic E-state index is 6.19. The van der Waals surface area contributed by atoms with Crippen molar-refractivity contribution in [2.24, 2.45) is 5.92 Å². The topological polar surface area (TPSA) is 47.0 Å². The van der Waals surface area contributed by atoms with Gasteiger partial charge in [0.15, 0.2) is 0 Å². The molecule has 1 saturated heterocycles. The van der Waals surface area contributed by atoms with Crippen molar-refractivity contribution in [2.45, 2.75) is 56.6 Å². The summed E-state index contributed by atoms with van der Waals surface area (Å²) in [5.41, 5.74) is 0.175. The van der Waals surface area contributed by atoms with E-state index in [2.05, 4.69) is 14.9 Å². The first kappa shape index (κ1) is 13.5.